The summed E-state index contributed by atoms with van der Waals surface area (Å²) >= 11 is 0. The van der Waals surface area contributed by atoms with Crippen molar-refractivity contribution >= 4 is 78.5 Å². The number of hydrogen-bond acceptors (Lipinski definition) is 9. The molecule has 0 aromatic rings. The Bertz CT molecular complexity index is 392. The predicted octanol–water partition coefficient (Wildman–Crippen LogP) is -4.74. The molecule has 0 aromatic heterocycles. The third-order valence-electron chi connectivity index (χ3n) is 3.87. The summed E-state index contributed by atoms with van der Waals surface area (Å²) < 4.78 is 30.2. The van der Waals surface area contributed by atoms with Crippen LogP contribution in [-0.4, -0.2) is 105 Å². The summed E-state index contributed by atoms with van der Waals surface area (Å²) in [5, 5.41) is 0. The second kappa shape index (κ2) is 11.0. The Morgan fingerprint density at radius 1 is 0.800 bits per heavy atom. The average Bonchev–Trinajstić information content (AvgIpc) is 2.50. The topological polar surface area (TPSA) is 127 Å². The van der Waals surface area contributed by atoms with Crippen molar-refractivity contribution in [3.63, 3.8) is 0 Å². The molecule has 9 nitrogen and oxygen atoms in total. The molecular formula is C7H34O9Si9. The summed E-state index contributed by atoms with van der Waals surface area (Å²) in [5.74, 6) is 0. The van der Waals surface area contributed by atoms with Crippen LogP contribution in [0.1, 0.15) is 0 Å². The Labute approximate surface area is 164 Å². The van der Waals surface area contributed by atoms with E-state index >= 15 is 0 Å². The number of hydrogen-bond donors (Lipinski definition) is 4. The van der Waals surface area contributed by atoms with Crippen molar-refractivity contribution in [2.24, 2.45) is 0 Å². The maximum absolute atomic E-state index is 10.3. The predicted molar refractivity (Wildman–Crippen MR) is 120 cm³/mol. The van der Waals surface area contributed by atoms with Gasteiger partial charge in [-0.05, 0) is 39.3 Å². The first-order chi connectivity index (χ1) is 11.4. The molecular weight excluding hydrogens is 481 g/mol. The van der Waals surface area contributed by atoms with Crippen LogP contribution in [0, 0.1) is 0 Å². The minimum Gasteiger partial charge on any atom is -0.440 e. The molecule has 0 aliphatic rings. The fourth-order valence-electron chi connectivity index (χ4n) is 2.69. The fourth-order valence-corrected chi connectivity index (χ4v) is 99.6. The highest BCUT2D eigenvalue weighted by atomic mass is 30.0. The fraction of sp³-hybridized carbons (Fsp3) is 1.00. The van der Waals surface area contributed by atoms with E-state index in [0.717, 1.165) is 0 Å². The highest BCUT2D eigenvalue weighted by molar-refractivity contribution is 7.84. The van der Waals surface area contributed by atoms with E-state index in [2.05, 4.69) is 19.6 Å². The van der Waals surface area contributed by atoms with Crippen molar-refractivity contribution in [2.75, 3.05) is 7.11 Å². The first-order valence-corrected chi connectivity index (χ1v) is 30.5. The monoisotopic (exact) mass is 514 g/mol. The average molecular weight is 515 g/mol. The van der Waals surface area contributed by atoms with Crippen LogP contribution in [0.3, 0.4) is 0 Å². The number of rotatable bonds is 13. The van der Waals surface area contributed by atoms with E-state index < -0.39 is 78.5 Å². The second-order valence-corrected chi connectivity index (χ2v) is 52.2. The van der Waals surface area contributed by atoms with Crippen LogP contribution in [0.4, 0.5) is 0 Å². The van der Waals surface area contributed by atoms with Crippen LogP contribution < -0.4 is 0 Å². The smallest absolute Gasteiger partial charge is 0.340 e. The molecule has 0 fully saturated rings. The van der Waals surface area contributed by atoms with Gasteiger partial charge in [-0.25, -0.2) is 0 Å². The standard InChI is InChI=1S/C7H34O9Si9/c1-12-23(6,7)24(13-17-8,16-21(2)15-22(3,4)5)25(19-10,20-11)14-18-9/h8-11,21H,17-20H2,1-7H3. The summed E-state index contributed by atoms with van der Waals surface area (Å²) in [6.07, 6.45) is 0. The Morgan fingerprint density at radius 3 is 1.60 bits per heavy atom. The van der Waals surface area contributed by atoms with Crippen LogP contribution in [0.5, 0.6) is 0 Å². The van der Waals surface area contributed by atoms with E-state index in [1.165, 1.54) is 0 Å². The highest BCUT2D eigenvalue weighted by Gasteiger charge is 2.71. The molecule has 25 heavy (non-hydrogen) atoms. The lowest BCUT2D eigenvalue weighted by Gasteiger charge is -2.50. The molecule has 0 aliphatic heterocycles. The lowest BCUT2D eigenvalue weighted by atomic mass is 11.8. The molecule has 0 saturated carbocycles. The van der Waals surface area contributed by atoms with Crippen molar-refractivity contribution in [1.29, 1.82) is 0 Å². The minimum atomic E-state index is -3.38. The van der Waals surface area contributed by atoms with Gasteiger partial charge in [-0.1, -0.05) is 0 Å². The van der Waals surface area contributed by atoms with Crippen molar-refractivity contribution in [2.45, 2.75) is 39.3 Å². The Morgan fingerprint density at radius 2 is 1.28 bits per heavy atom. The lowest BCUT2D eigenvalue weighted by molar-refractivity contribution is 0.328. The zero-order valence-corrected chi connectivity index (χ0v) is 27.0. The van der Waals surface area contributed by atoms with Gasteiger partial charge in [-0.3, -0.25) is 0 Å². The molecule has 0 saturated heterocycles. The molecule has 0 amide bonds. The van der Waals surface area contributed by atoms with Gasteiger partial charge in [0, 0.05) is 7.11 Å². The van der Waals surface area contributed by atoms with Gasteiger partial charge in [0.15, 0.2) is 26.9 Å². The lowest BCUT2D eigenvalue weighted by Crippen LogP contribution is -2.87. The summed E-state index contributed by atoms with van der Waals surface area (Å²) in [6, 6.07) is 0. The van der Waals surface area contributed by atoms with E-state index in [1.807, 2.05) is 19.6 Å². The van der Waals surface area contributed by atoms with E-state index in [4.69, 9.17) is 20.9 Å². The van der Waals surface area contributed by atoms with Gasteiger partial charge < -0.3 is 40.1 Å². The summed E-state index contributed by atoms with van der Waals surface area (Å²) in [4.78, 5) is 39.9. The maximum Gasteiger partial charge on any atom is 0.340 e. The van der Waals surface area contributed by atoms with Gasteiger partial charge in [0.1, 0.15) is 0 Å². The second-order valence-electron chi connectivity index (χ2n) is 7.10. The van der Waals surface area contributed by atoms with E-state index in [9.17, 15) is 19.2 Å². The van der Waals surface area contributed by atoms with Crippen molar-refractivity contribution in [1.82, 2.24) is 0 Å². The molecule has 0 heterocycles. The zero-order valence-electron chi connectivity index (χ0n) is 16.2. The molecule has 0 radical (unpaired) electrons. The van der Waals surface area contributed by atoms with E-state index in [-0.39, 0.29) is 0 Å². The van der Waals surface area contributed by atoms with Crippen molar-refractivity contribution in [3.8, 4) is 0 Å². The molecule has 0 aromatic carbocycles. The van der Waals surface area contributed by atoms with Gasteiger partial charge >= 0.3 is 7.60 Å². The zero-order chi connectivity index (χ0) is 19.9. The van der Waals surface area contributed by atoms with E-state index in [0.29, 0.717) is 0 Å². The van der Waals surface area contributed by atoms with Crippen LogP contribution >= 0.6 is 0 Å². The third-order valence-corrected chi connectivity index (χ3v) is 73.2. The first-order valence-electron chi connectivity index (χ1n) is 8.03. The summed E-state index contributed by atoms with van der Waals surface area (Å²) in [5.41, 5.74) is 0. The Balaban J connectivity index is 6.23. The van der Waals surface area contributed by atoms with Crippen molar-refractivity contribution in [3.05, 3.63) is 0 Å². The minimum absolute atomic E-state index is 1.57. The normalized spacial score (nSPS) is 21.2. The van der Waals surface area contributed by atoms with E-state index in [1.54, 1.807) is 7.11 Å². The van der Waals surface area contributed by atoms with Gasteiger partial charge in [-0.2, -0.15) is 0 Å². The van der Waals surface area contributed by atoms with Crippen LogP contribution in [-0.2, 0) is 20.9 Å². The van der Waals surface area contributed by atoms with Crippen molar-refractivity contribution < 1.29 is 40.1 Å². The van der Waals surface area contributed by atoms with Gasteiger partial charge in [0.05, 0.1) is 0 Å². The SMILES string of the molecule is CO[Si](C)(C)[Si](O[SiH2]O)(O[SiH](C)O[Si](C)(C)C)[Si](O[SiH2]O)([SiH2]O)[SiH2]O. The van der Waals surface area contributed by atoms with Gasteiger partial charge in [0.2, 0.25) is 7.83 Å². The molecule has 152 valence electrons. The van der Waals surface area contributed by atoms with Crippen LogP contribution in [0.15, 0.2) is 0 Å². The molecule has 0 aliphatic carbocycles. The Hall–Kier alpha value is 1.59. The van der Waals surface area contributed by atoms with Crippen LogP contribution in [0.2, 0.25) is 39.3 Å². The molecule has 18 heteroatoms. The first kappa shape index (κ1) is 26.6. The third kappa shape index (κ3) is 6.56. The molecule has 0 spiro atoms. The van der Waals surface area contributed by atoms with Gasteiger partial charge in [0.25, 0.3) is 36.2 Å². The largest absolute Gasteiger partial charge is 0.440 e. The molecule has 0 bridgehead atoms. The molecule has 2 unspecified atom stereocenters. The van der Waals surface area contributed by atoms with Crippen LogP contribution in [0.25, 0.3) is 0 Å². The maximum atomic E-state index is 10.3. The summed E-state index contributed by atoms with van der Waals surface area (Å²) in [7, 11) is -16.0. The molecule has 2 atom stereocenters. The summed E-state index contributed by atoms with van der Waals surface area (Å²) in [6.45, 7) is 8.75. The Kier molecular flexibility index (Phi) is 11.6. The molecule has 0 rings (SSSR count). The quantitative estimate of drug-likeness (QED) is 0.179. The highest BCUT2D eigenvalue weighted by Crippen LogP contribution is 2.32. The van der Waals surface area contributed by atoms with Gasteiger partial charge in [-0.15, -0.1) is 0 Å². The molecule has 4 N–H and O–H groups in total.